The summed E-state index contributed by atoms with van der Waals surface area (Å²) in [6.07, 6.45) is 2.98. The van der Waals surface area contributed by atoms with Crippen LogP contribution in [-0.4, -0.2) is 18.5 Å². The third-order valence-electron chi connectivity index (χ3n) is 4.85. The molecule has 6 heteroatoms. The molecule has 1 aliphatic rings. The van der Waals surface area contributed by atoms with Gasteiger partial charge in [-0.3, -0.25) is 9.59 Å². The van der Waals surface area contributed by atoms with Crippen molar-refractivity contribution >= 4 is 17.6 Å². The summed E-state index contributed by atoms with van der Waals surface area (Å²) in [5.41, 5.74) is 0.776. The van der Waals surface area contributed by atoms with Crippen molar-refractivity contribution in [1.82, 2.24) is 0 Å². The summed E-state index contributed by atoms with van der Waals surface area (Å²) in [4.78, 5) is 24.9. The summed E-state index contributed by atoms with van der Waals surface area (Å²) in [6.45, 7) is -0.418. The molecule has 1 aliphatic carbocycles. The number of benzene rings is 2. The monoisotopic (exact) mass is 366 g/mol. The normalized spacial score (nSPS) is 15.0. The number of hydrogen-bond acceptors (Lipinski definition) is 4. The molecule has 1 saturated carbocycles. The number of anilines is 1. The first kappa shape index (κ1) is 18.6. The Labute approximate surface area is 156 Å². The Kier molecular flexibility index (Phi) is 5.51. The smallest absolute Gasteiger partial charge is 0.317 e. The van der Waals surface area contributed by atoms with Crippen LogP contribution in [0.2, 0.25) is 0 Å². The van der Waals surface area contributed by atoms with Crippen LogP contribution in [0.25, 0.3) is 0 Å². The van der Waals surface area contributed by atoms with Gasteiger partial charge in [-0.25, -0.2) is 4.39 Å². The molecule has 1 N–H and O–H groups in total. The van der Waals surface area contributed by atoms with Crippen molar-refractivity contribution in [3.63, 3.8) is 0 Å². The topological polar surface area (TPSA) is 79.2 Å². The first-order valence-corrected chi connectivity index (χ1v) is 8.77. The Hall–Kier alpha value is -3.20. The molecule has 0 radical (unpaired) electrons. The fraction of sp³-hybridized carbons (Fsp3) is 0.286. The summed E-state index contributed by atoms with van der Waals surface area (Å²) in [5, 5.41) is 11.5. The van der Waals surface area contributed by atoms with E-state index < -0.39 is 23.9 Å². The lowest BCUT2D eigenvalue weighted by molar-refractivity contribution is -0.153. The van der Waals surface area contributed by atoms with Crippen LogP contribution in [-0.2, 0) is 19.7 Å². The van der Waals surface area contributed by atoms with E-state index in [1.165, 1.54) is 18.2 Å². The van der Waals surface area contributed by atoms with E-state index in [2.05, 4.69) is 5.32 Å². The highest BCUT2D eigenvalue weighted by atomic mass is 19.1. The van der Waals surface area contributed by atoms with Gasteiger partial charge in [-0.1, -0.05) is 31.0 Å². The Morgan fingerprint density at radius 2 is 1.85 bits per heavy atom. The van der Waals surface area contributed by atoms with Crippen LogP contribution in [0.1, 0.15) is 36.8 Å². The Balaban J connectivity index is 1.65. The Bertz CT molecular complexity index is 881. The molecule has 3 rings (SSSR count). The van der Waals surface area contributed by atoms with Crippen molar-refractivity contribution in [2.75, 3.05) is 11.9 Å². The third-order valence-corrected chi connectivity index (χ3v) is 4.85. The van der Waals surface area contributed by atoms with Crippen LogP contribution < -0.4 is 5.32 Å². The third kappa shape index (κ3) is 4.14. The molecule has 0 spiro atoms. The second-order valence-electron chi connectivity index (χ2n) is 6.61. The van der Waals surface area contributed by atoms with Crippen molar-refractivity contribution in [2.24, 2.45) is 0 Å². The van der Waals surface area contributed by atoms with E-state index in [4.69, 9.17) is 10.00 Å². The van der Waals surface area contributed by atoms with E-state index in [0.29, 0.717) is 29.7 Å². The molecule has 0 heterocycles. The molecule has 0 atom stereocenters. The van der Waals surface area contributed by atoms with Gasteiger partial charge in [0.1, 0.15) is 5.82 Å². The van der Waals surface area contributed by atoms with E-state index in [1.807, 2.05) is 6.07 Å². The predicted molar refractivity (Wildman–Crippen MR) is 97.3 cm³/mol. The minimum atomic E-state index is -0.825. The molecule has 0 aliphatic heterocycles. The second kappa shape index (κ2) is 8.00. The first-order chi connectivity index (χ1) is 13.0. The van der Waals surface area contributed by atoms with Crippen LogP contribution in [0.4, 0.5) is 10.1 Å². The highest BCUT2D eigenvalue weighted by Gasteiger charge is 2.44. The van der Waals surface area contributed by atoms with Gasteiger partial charge in [0.25, 0.3) is 5.91 Å². The lowest BCUT2D eigenvalue weighted by atomic mass is 9.79. The maximum absolute atomic E-state index is 13.2. The molecular weight excluding hydrogens is 347 g/mol. The van der Waals surface area contributed by atoms with Gasteiger partial charge in [-0.15, -0.1) is 0 Å². The number of amides is 1. The van der Waals surface area contributed by atoms with E-state index in [1.54, 1.807) is 30.3 Å². The highest BCUT2D eigenvalue weighted by Crippen LogP contribution is 2.42. The first-order valence-electron chi connectivity index (χ1n) is 8.77. The zero-order valence-corrected chi connectivity index (χ0v) is 14.7. The number of nitriles is 1. The molecule has 1 amide bonds. The summed E-state index contributed by atoms with van der Waals surface area (Å²) < 4.78 is 18.5. The number of ether oxygens (including phenoxy) is 1. The molecule has 1 fully saturated rings. The van der Waals surface area contributed by atoms with E-state index in [9.17, 15) is 14.0 Å². The average Bonchev–Trinajstić information content (AvgIpc) is 3.18. The summed E-state index contributed by atoms with van der Waals surface area (Å²) >= 11 is 0. The zero-order valence-electron chi connectivity index (χ0n) is 14.7. The van der Waals surface area contributed by atoms with Crippen LogP contribution in [0.5, 0.6) is 0 Å². The van der Waals surface area contributed by atoms with E-state index in [0.717, 1.165) is 12.8 Å². The van der Waals surface area contributed by atoms with Crippen LogP contribution >= 0.6 is 0 Å². The van der Waals surface area contributed by atoms with Gasteiger partial charge < -0.3 is 10.1 Å². The number of halogens is 1. The summed E-state index contributed by atoms with van der Waals surface area (Å²) in [6, 6.07) is 14.3. The lowest BCUT2D eigenvalue weighted by Crippen LogP contribution is -2.36. The maximum Gasteiger partial charge on any atom is 0.317 e. The Morgan fingerprint density at radius 3 is 2.52 bits per heavy atom. The van der Waals surface area contributed by atoms with E-state index >= 15 is 0 Å². The van der Waals surface area contributed by atoms with Crippen LogP contribution in [0.15, 0.2) is 48.5 Å². The quantitative estimate of drug-likeness (QED) is 0.819. The van der Waals surface area contributed by atoms with Gasteiger partial charge in [0.15, 0.2) is 6.61 Å². The number of esters is 1. The molecule has 27 heavy (non-hydrogen) atoms. The predicted octanol–water partition coefficient (Wildman–Crippen LogP) is 3.69. The van der Waals surface area contributed by atoms with Gasteiger partial charge in [0, 0.05) is 5.69 Å². The standard InChI is InChI=1S/C21H19FN2O3/c22-17-8-6-16(7-9-17)21(10-1-2-11-21)20(26)27-14-19(25)24-18-5-3-4-15(12-18)13-23/h3-9,12H,1-2,10-11,14H2,(H,24,25). The molecule has 0 bridgehead atoms. The van der Waals surface area contributed by atoms with Gasteiger partial charge >= 0.3 is 5.97 Å². The van der Waals surface area contributed by atoms with Crippen molar-refractivity contribution in [1.29, 1.82) is 5.26 Å². The molecular formula is C21H19FN2O3. The molecule has 0 aromatic heterocycles. The molecule has 138 valence electrons. The largest absolute Gasteiger partial charge is 0.455 e. The van der Waals surface area contributed by atoms with Gasteiger partial charge in [-0.05, 0) is 48.7 Å². The molecule has 2 aromatic carbocycles. The minimum Gasteiger partial charge on any atom is -0.455 e. The van der Waals surface area contributed by atoms with Crippen molar-refractivity contribution < 1.29 is 18.7 Å². The van der Waals surface area contributed by atoms with E-state index in [-0.39, 0.29) is 5.82 Å². The molecule has 0 unspecified atom stereocenters. The van der Waals surface area contributed by atoms with Gasteiger partial charge in [0.05, 0.1) is 17.0 Å². The fourth-order valence-corrected chi connectivity index (χ4v) is 3.49. The zero-order chi connectivity index (χ0) is 19.3. The number of hydrogen-bond donors (Lipinski definition) is 1. The number of carbonyl (C=O) groups is 2. The maximum atomic E-state index is 13.2. The van der Waals surface area contributed by atoms with Crippen LogP contribution in [0, 0.1) is 17.1 Å². The van der Waals surface area contributed by atoms with Crippen molar-refractivity contribution in [3.05, 3.63) is 65.5 Å². The highest BCUT2D eigenvalue weighted by molar-refractivity contribution is 5.94. The average molecular weight is 366 g/mol. The molecule has 0 saturated heterocycles. The number of nitrogens with one attached hydrogen (secondary N) is 1. The number of rotatable bonds is 5. The van der Waals surface area contributed by atoms with Crippen molar-refractivity contribution in [3.8, 4) is 6.07 Å². The van der Waals surface area contributed by atoms with Gasteiger partial charge in [-0.2, -0.15) is 5.26 Å². The fourth-order valence-electron chi connectivity index (χ4n) is 3.49. The lowest BCUT2D eigenvalue weighted by Gasteiger charge is -2.27. The number of carbonyl (C=O) groups excluding carboxylic acids is 2. The van der Waals surface area contributed by atoms with Crippen molar-refractivity contribution in [2.45, 2.75) is 31.1 Å². The van der Waals surface area contributed by atoms with Gasteiger partial charge in [0.2, 0.25) is 0 Å². The molecule has 5 nitrogen and oxygen atoms in total. The summed E-state index contributed by atoms with van der Waals surface area (Å²) in [7, 11) is 0. The minimum absolute atomic E-state index is 0.362. The SMILES string of the molecule is N#Cc1cccc(NC(=O)COC(=O)C2(c3ccc(F)cc3)CCCC2)c1. The molecule has 2 aromatic rings. The second-order valence-corrected chi connectivity index (χ2v) is 6.61. The summed E-state index contributed by atoms with van der Waals surface area (Å²) in [5.74, 6) is -1.31. The Morgan fingerprint density at radius 1 is 1.15 bits per heavy atom. The van der Waals surface area contributed by atoms with Crippen LogP contribution in [0.3, 0.4) is 0 Å². The number of nitrogens with zero attached hydrogens (tertiary/aromatic N) is 1.